The number of likely N-dealkylation sites (tertiary alicyclic amines) is 2. The molecule has 0 saturated carbocycles. The van der Waals surface area contributed by atoms with Gasteiger partial charge in [-0.15, -0.1) is 12.4 Å². The van der Waals surface area contributed by atoms with Crippen LogP contribution in [-0.4, -0.2) is 48.4 Å². The summed E-state index contributed by atoms with van der Waals surface area (Å²) in [7, 11) is 2.21. The molecule has 2 atom stereocenters. The van der Waals surface area contributed by atoms with Crippen LogP contribution in [0, 0.1) is 5.92 Å². The number of amides is 1. The van der Waals surface area contributed by atoms with Gasteiger partial charge in [0.1, 0.15) is 0 Å². The van der Waals surface area contributed by atoms with Gasteiger partial charge >= 0.3 is 0 Å². The van der Waals surface area contributed by atoms with Gasteiger partial charge < -0.3 is 15.5 Å². The predicted molar refractivity (Wildman–Crippen MR) is 87.8 cm³/mol. The highest BCUT2D eigenvalue weighted by Crippen LogP contribution is 2.30. The van der Waals surface area contributed by atoms with E-state index in [1.807, 2.05) is 23.1 Å². The lowest BCUT2D eigenvalue weighted by molar-refractivity contribution is 0.0317. The van der Waals surface area contributed by atoms with Crippen molar-refractivity contribution < 1.29 is 4.79 Å². The van der Waals surface area contributed by atoms with Crippen LogP contribution in [0.25, 0.3) is 0 Å². The van der Waals surface area contributed by atoms with E-state index in [1.54, 1.807) is 6.07 Å². The van der Waals surface area contributed by atoms with E-state index in [4.69, 9.17) is 5.73 Å². The van der Waals surface area contributed by atoms with Crippen LogP contribution in [0.3, 0.4) is 0 Å². The number of nitrogens with two attached hydrogens (primary N) is 1. The highest BCUT2D eigenvalue weighted by Gasteiger charge is 2.35. The topological polar surface area (TPSA) is 49.6 Å². The number of carbonyl (C=O) groups excluding carboxylic acids is 1. The van der Waals surface area contributed by atoms with Crippen LogP contribution in [0.2, 0.25) is 0 Å². The Balaban J connectivity index is 0.00000161. The number of nitrogens with zero attached hydrogens (tertiary/aromatic N) is 2. The van der Waals surface area contributed by atoms with Crippen molar-refractivity contribution in [3.05, 3.63) is 29.8 Å². The molecule has 0 aliphatic carbocycles. The molecule has 5 heteroatoms. The van der Waals surface area contributed by atoms with Crippen LogP contribution >= 0.6 is 12.4 Å². The maximum absolute atomic E-state index is 12.6. The van der Waals surface area contributed by atoms with Crippen molar-refractivity contribution in [3.63, 3.8) is 0 Å². The summed E-state index contributed by atoms with van der Waals surface area (Å²) in [5.74, 6) is 0.761. The van der Waals surface area contributed by atoms with Crippen LogP contribution in [0.1, 0.15) is 29.6 Å². The van der Waals surface area contributed by atoms with Crippen LogP contribution < -0.4 is 5.73 Å². The van der Waals surface area contributed by atoms with E-state index in [0.717, 1.165) is 19.5 Å². The molecule has 1 aromatic carbocycles. The summed E-state index contributed by atoms with van der Waals surface area (Å²) in [6.45, 7) is 2.95. The van der Waals surface area contributed by atoms with Crippen LogP contribution in [-0.2, 0) is 0 Å². The normalized spacial score (nSPS) is 25.9. The van der Waals surface area contributed by atoms with Gasteiger partial charge in [0.2, 0.25) is 0 Å². The number of rotatable bonds is 1. The lowest BCUT2D eigenvalue weighted by Gasteiger charge is -2.46. The molecule has 0 spiro atoms. The van der Waals surface area contributed by atoms with E-state index >= 15 is 0 Å². The van der Waals surface area contributed by atoms with Crippen molar-refractivity contribution in [3.8, 4) is 0 Å². The van der Waals surface area contributed by atoms with E-state index in [1.165, 1.54) is 19.4 Å². The minimum absolute atomic E-state index is 0. The maximum atomic E-state index is 12.6. The second-order valence-corrected chi connectivity index (χ2v) is 6.12. The molecule has 0 aromatic heterocycles. The molecule has 2 N–H and O–H groups in total. The third-order valence-electron chi connectivity index (χ3n) is 4.77. The summed E-state index contributed by atoms with van der Waals surface area (Å²) in [6.07, 6.45) is 3.59. The SMILES string of the molecule is CN1CCCC2CN(C(=O)c3cccc(N)c3)CCC21.Cl. The summed E-state index contributed by atoms with van der Waals surface area (Å²) >= 11 is 0. The molecule has 2 aliphatic rings. The minimum atomic E-state index is 0. The average Bonchev–Trinajstić information content (AvgIpc) is 2.46. The molecule has 21 heavy (non-hydrogen) atoms. The average molecular weight is 310 g/mol. The van der Waals surface area contributed by atoms with Crippen molar-refractivity contribution >= 4 is 24.0 Å². The Labute approximate surface area is 132 Å². The standard InChI is InChI=1S/C16H23N3O.ClH/c1-18-8-3-5-13-11-19(9-7-15(13)18)16(20)12-4-2-6-14(17)10-12;/h2,4,6,10,13,15H,3,5,7-9,11,17H2,1H3;1H. The number of carbonyl (C=O) groups is 1. The largest absolute Gasteiger partial charge is 0.399 e. The fourth-order valence-electron chi connectivity index (χ4n) is 3.69. The van der Waals surface area contributed by atoms with E-state index < -0.39 is 0 Å². The molecule has 4 nitrogen and oxygen atoms in total. The van der Waals surface area contributed by atoms with E-state index in [9.17, 15) is 4.79 Å². The van der Waals surface area contributed by atoms with Gasteiger partial charge in [-0.1, -0.05) is 6.07 Å². The molecule has 1 aromatic rings. The van der Waals surface area contributed by atoms with Gasteiger partial charge in [0.25, 0.3) is 5.91 Å². The Morgan fingerprint density at radius 3 is 2.86 bits per heavy atom. The maximum Gasteiger partial charge on any atom is 0.253 e. The highest BCUT2D eigenvalue weighted by atomic mass is 35.5. The number of hydrogen-bond donors (Lipinski definition) is 1. The molecule has 2 heterocycles. The van der Waals surface area contributed by atoms with Gasteiger partial charge in [-0.2, -0.15) is 0 Å². The Kier molecular flexibility index (Phi) is 5.12. The molecular weight excluding hydrogens is 286 g/mol. The number of hydrogen-bond acceptors (Lipinski definition) is 3. The number of fused-ring (bicyclic) bond motifs is 1. The van der Waals surface area contributed by atoms with Crippen LogP contribution in [0.5, 0.6) is 0 Å². The van der Waals surface area contributed by atoms with E-state index in [-0.39, 0.29) is 18.3 Å². The van der Waals surface area contributed by atoms with Gasteiger partial charge in [0, 0.05) is 30.4 Å². The second kappa shape index (κ2) is 6.67. The highest BCUT2D eigenvalue weighted by molar-refractivity contribution is 5.95. The molecule has 0 radical (unpaired) electrons. The van der Waals surface area contributed by atoms with Crippen molar-refractivity contribution in [1.29, 1.82) is 0 Å². The first-order valence-corrected chi connectivity index (χ1v) is 7.50. The van der Waals surface area contributed by atoms with Crippen molar-refractivity contribution in [2.24, 2.45) is 5.92 Å². The van der Waals surface area contributed by atoms with Gasteiger partial charge in [0.15, 0.2) is 0 Å². The van der Waals surface area contributed by atoms with Crippen LogP contribution in [0.15, 0.2) is 24.3 Å². The third kappa shape index (κ3) is 3.33. The van der Waals surface area contributed by atoms with Gasteiger partial charge in [-0.25, -0.2) is 0 Å². The first kappa shape index (κ1) is 16.1. The van der Waals surface area contributed by atoms with Crippen molar-refractivity contribution in [1.82, 2.24) is 9.80 Å². The van der Waals surface area contributed by atoms with E-state index in [0.29, 0.717) is 23.2 Å². The molecule has 116 valence electrons. The van der Waals surface area contributed by atoms with Crippen molar-refractivity contribution in [2.75, 3.05) is 32.4 Å². The molecule has 2 unspecified atom stereocenters. The summed E-state index contributed by atoms with van der Waals surface area (Å²) in [6, 6.07) is 7.97. The minimum Gasteiger partial charge on any atom is -0.399 e. The first-order valence-electron chi connectivity index (χ1n) is 7.50. The summed E-state index contributed by atoms with van der Waals surface area (Å²) in [4.78, 5) is 17.0. The number of anilines is 1. The zero-order valence-electron chi connectivity index (χ0n) is 12.5. The predicted octanol–water partition coefficient (Wildman–Crippen LogP) is 2.25. The number of halogens is 1. The quantitative estimate of drug-likeness (QED) is 0.810. The monoisotopic (exact) mass is 309 g/mol. The second-order valence-electron chi connectivity index (χ2n) is 6.12. The molecule has 2 saturated heterocycles. The lowest BCUT2D eigenvalue weighted by atomic mass is 9.84. The molecule has 0 bridgehead atoms. The fourth-order valence-corrected chi connectivity index (χ4v) is 3.69. The Morgan fingerprint density at radius 2 is 2.10 bits per heavy atom. The lowest BCUT2D eigenvalue weighted by Crippen LogP contribution is -2.53. The molecule has 2 aliphatic heterocycles. The molecule has 1 amide bonds. The van der Waals surface area contributed by atoms with Gasteiger partial charge in [-0.05, 0) is 57.0 Å². The summed E-state index contributed by atoms with van der Waals surface area (Å²) in [5, 5.41) is 0. The molecule has 2 fully saturated rings. The molecular formula is C16H24ClN3O. The van der Waals surface area contributed by atoms with Crippen LogP contribution in [0.4, 0.5) is 5.69 Å². The van der Waals surface area contributed by atoms with Gasteiger partial charge in [-0.3, -0.25) is 4.79 Å². The van der Waals surface area contributed by atoms with Crippen molar-refractivity contribution in [2.45, 2.75) is 25.3 Å². The number of nitrogen functional groups attached to an aromatic ring is 1. The zero-order chi connectivity index (χ0) is 14.1. The third-order valence-corrected chi connectivity index (χ3v) is 4.77. The Morgan fingerprint density at radius 1 is 1.29 bits per heavy atom. The summed E-state index contributed by atoms with van der Waals surface area (Å²) in [5.41, 5.74) is 7.14. The van der Waals surface area contributed by atoms with Gasteiger partial charge in [0.05, 0.1) is 0 Å². The smallest absolute Gasteiger partial charge is 0.253 e. The Bertz CT molecular complexity index is 508. The number of benzene rings is 1. The number of piperidine rings is 2. The fraction of sp³-hybridized carbons (Fsp3) is 0.562. The zero-order valence-corrected chi connectivity index (χ0v) is 13.3. The Hall–Kier alpha value is -1.26. The summed E-state index contributed by atoms with van der Waals surface area (Å²) < 4.78 is 0. The van der Waals surface area contributed by atoms with E-state index in [2.05, 4.69) is 11.9 Å². The molecule has 3 rings (SSSR count). The first-order chi connectivity index (χ1) is 9.65.